The minimum Gasteiger partial charge on any atom is -0.396 e. The van der Waals surface area contributed by atoms with Crippen LogP contribution in [0.15, 0.2) is 66.9 Å². The van der Waals surface area contributed by atoms with Gasteiger partial charge in [0.05, 0.1) is 11.3 Å². The van der Waals surface area contributed by atoms with Gasteiger partial charge in [-0.05, 0) is 29.7 Å². The summed E-state index contributed by atoms with van der Waals surface area (Å²) in [4.78, 5) is 16.6. The lowest BCUT2D eigenvalue weighted by atomic mass is 9.96. The van der Waals surface area contributed by atoms with Gasteiger partial charge in [0.15, 0.2) is 5.78 Å². The number of carbonyl (C=O) groups excluding carboxylic acids is 1. The molecule has 3 nitrogen and oxygen atoms in total. The minimum absolute atomic E-state index is 0.00386. The van der Waals surface area contributed by atoms with Crippen LogP contribution in [-0.2, 0) is 19.0 Å². The number of aliphatic hydroxyl groups is 1. The Hall–Kier alpha value is -2.99. The Morgan fingerprint density at radius 3 is 2.29 bits per heavy atom. The minimum atomic E-state index is -4.43. The average Bonchev–Trinajstić information content (AvgIpc) is 2.69. The molecular formula is C22H18F3NO2. The van der Waals surface area contributed by atoms with Gasteiger partial charge in [-0.3, -0.25) is 9.78 Å². The molecule has 144 valence electrons. The summed E-state index contributed by atoms with van der Waals surface area (Å²) in [5, 5.41) is 9.14. The summed E-state index contributed by atoms with van der Waals surface area (Å²) < 4.78 is 38.6. The second-order valence-corrected chi connectivity index (χ2v) is 6.35. The lowest BCUT2D eigenvalue weighted by Gasteiger charge is -2.09. The number of halogens is 3. The molecule has 28 heavy (non-hydrogen) atoms. The fourth-order valence-electron chi connectivity index (χ4n) is 2.96. The van der Waals surface area contributed by atoms with Crippen LogP contribution in [0, 0.1) is 0 Å². The lowest BCUT2D eigenvalue weighted by molar-refractivity contribution is -0.137. The Balaban J connectivity index is 1.79. The van der Waals surface area contributed by atoms with Crippen LogP contribution in [0.3, 0.4) is 0 Å². The van der Waals surface area contributed by atoms with Crippen molar-refractivity contribution in [3.8, 4) is 11.3 Å². The number of hydrogen-bond acceptors (Lipinski definition) is 3. The fraction of sp³-hybridized carbons (Fsp3) is 0.182. The van der Waals surface area contributed by atoms with E-state index < -0.39 is 11.7 Å². The van der Waals surface area contributed by atoms with E-state index in [1.165, 1.54) is 0 Å². The number of carbonyl (C=O) groups is 1. The molecule has 0 saturated carbocycles. The summed E-state index contributed by atoms with van der Waals surface area (Å²) in [6.45, 7) is 0.00386. The summed E-state index contributed by atoms with van der Waals surface area (Å²) in [6, 6.07) is 15.7. The first kappa shape index (κ1) is 19.8. The van der Waals surface area contributed by atoms with Gasteiger partial charge in [-0.15, -0.1) is 0 Å². The fourth-order valence-corrected chi connectivity index (χ4v) is 2.96. The van der Waals surface area contributed by atoms with Crippen molar-refractivity contribution < 1.29 is 23.1 Å². The summed E-state index contributed by atoms with van der Waals surface area (Å²) in [6.07, 6.45) is -2.65. The van der Waals surface area contributed by atoms with Crippen LogP contribution in [0.5, 0.6) is 0 Å². The molecule has 0 bridgehead atoms. The SMILES string of the molecule is O=C(Cc1ccccc1CCO)c1ccc(-c2cc(C(F)(F)F)ccn2)cc1. The van der Waals surface area contributed by atoms with Crippen LogP contribution >= 0.6 is 0 Å². The highest BCUT2D eigenvalue weighted by atomic mass is 19.4. The Bertz CT molecular complexity index is 966. The molecule has 2 aromatic carbocycles. The highest BCUT2D eigenvalue weighted by Crippen LogP contribution is 2.31. The van der Waals surface area contributed by atoms with Crippen LogP contribution in [-0.4, -0.2) is 22.5 Å². The molecule has 1 heterocycles. The topological polar surface area (TPSA) is 50.2 Å². The van der Waals surface area contributed by atoms with Gasteiger partial charge in [0.2, 0.25) is 0 Å². The number of aliphatic hydroxyl groups excluding tert-OH is 1. The predicted molar refractivity (Wildman–Crippen MR) is 99.9 cm³/mol. The second-order valence-electron chi connectivity index (χ2n) is 6.35. The van der Waals surface area contributed by atoms with Gasteiger partial charge in [-0.1, -0.05) is 48.5 Å². The molecule has 0 unspecified atom stereocenters. The van der Waals surface area contributed by atoms with Crippen LogP contribution in [0.25, 0.3) is 11.3 Å². The first-order valence-corrected chi connectivity index (χ1v) is 8.73. The van der Waals surface area contributed by atoms with Gasteiger partial charge >= 0.3 is 6.18 Å². The van der Waals surface area contributed by atoms with Crippen molar-refractivity contribution in [3.05, 3.63) is 89.1 Å². The number of aromatic nitrogens is 1. The number of nitrogens with zero attached hydrogens (tertiary/aromatic N) is 1. The maximum Gasteiger partial charge on any atom is 0.416 e. The van der Waals surface area contributed by atoms with Gasteiger partial charge in [0.25, 0.3) is 0 Å². The Morgan fingerprint density at radius 2 is 1.64 bits per heavy atom. The van der Waals surface area contributed by atoms with Crippen LogP contribution < -0.4 is 0 Å². The number of benzene rings is 2. The molecule has 0 saturated heterocycles. The molecule has 0 aliphatic carbocycles. The summed E-state index contributed by atoms with van der Waals surface area (Å²) >= 11 is 0. The zero-order valence-electron chi connectivity index (χ0n) is 14.9. The molecule has 0 radical (unpaired) electrons. The molecule has 3 aromatic rings. The maximum atomic E-state index is 12.9. The predicted octanol–water partition coefficient (Wildman–Crippen LogP) is 4.73. The standard InChI is InChI=1S/C22H18F3NO2/c23-22(24,25)19-9-11-26-20(14-19)16-5-7-17(8-6-16)21(28)13-18-4-2-1-3-15(18)10-12-27/h1-9,11,14,27H,10,12-13H2. The van der Waals surface area contributed by atoms with E-state index in [4.69, 9.17) is 5.11 Å². The van der Waals surface area contributed by atoms with Crippen molar-refractivity contribution in [1.82, 2.24) is 4.98 Å². The largest absolute Gasteiger partial charge is 0.416 e. The van der Waals surface area contributed by atoms with Gasteiger partial charge < -0.3 is 5.11 Å². The zero-order chi connectivity index (χ0) is 20.1. The highest BCUT2D eigenvalue weighted by Gasteiger charge is 2.30. The van der Waals surface area contributed by atoms with Crippen molar-refractivity contribution in [2.75, 3.05) is 6.61 Å². The van der Waals surface area contributed by atoms with E-state index >= 15 is 0 Å². The van der Waals surface area contributed by atoms with Crippen molar-refractivity contribution in [1.29, 1.82) is 0 Å². The van der Waals surface area contributed by atoms with E-state index in [1.54, 1.807) is 24.3 Å². The second kappa shape index (κ2) is 8.35. The molecule has 1 aromatic heterocycles. The Kier molecular flexibility index (Phi) is 5.90. The Morgan fingerprint density at radius 1 is 0.964 bits per heavy atom. The van der Waals surface area contributed by atoms with Crippen LogP contribution in [0.4, 0.5) is 13.2 Å². The maximum absolute atomic E-state index is 12.9. The first-order chi connectivity index (χ1) is 13.4. The third-order valence-corrected chi connectivity index (χ3v) is 4.44. The first-order valence-electron chi connectivity index (χ1n) is 8.73. The quantitative estimate of drug-likeness (QED) is 0.624. The summed E-state index contributed by atoms with van der Waals surface area (Å²) in [7, 11) is 0. The van der Waals surface area contributed by atoms with Gasteiger partial charge in [-0.2, -0.15) is 13.2 Å². The molecule has 6 heteroatoms. The molecule has 0 aliphatic rings. The molecule has 0 amide bonds. The van der Waals surface area contributed by atoms with Crippen molar-refractivity contribution in [2.45, 2.75) is 19.0 Å². The smallest absolute Gasteiger partial charge is 0.396 e. The van der Waals surface area contributed by atoms with Crippen molar-refractivity contribution >= 4 is 5.78 Å². The number of hydrogen-bond donors (Lipinski definition) is 1. The van der Waals surface area contributed by atoms with Gasteiger partial charge in [0.1, 0.15) is 0 Å². The third kappa shape index (κ3) is 4.64. The lowest BCUT2D eigenvalue weighted by Crippen LogP contribution is -2.07. The van der Waals surface area contributed by atoms with Gasteiger partial charge in [-0.25, -0.2) is 0 Å². The average molecular weight is 385 g/mol. The van der Waals surface area contributed by atoms with Crippen molar-refractivity contribution in [3.63, 3.8) is 0 Å². The van der Waals surface area contributed by atoms with Crippen LogP contribution in [0.1, 0.15) is 27.0 Å². The molecule has 3 rings (SSSR count). The van der Waals surface area contributed by atoms with Crippen molar-refractivity contribution in [2.24, 2.45) is 0 Å². The highest BCUT2D eigenvalue weighted by molar-refractivity contribution is 5.98. The molecule has 0 aliphatic heterocycles. The third-order valence-electron chi connectivity index (χ3n) is 4.44. The van der Waals surface area contributed by atoms with E-state index in [1.807, 2.05) is 24.3 Å². The summed E-state index contributed by atoms with van der Waals surface area (Å²) in [5.41, 5.74) is 2.17. The van der Waals surface area contributed by atoms with E-state index in [0.717, 1.165) is 29.5 Å². The zero-order valence-corrected chi connectivity index (χ0v) is 14.9. The Labute approximate surface area is 160 Å². The molecule has 0 fully saturated rings. The monoisotopic (exact) mass is 385 g/mol. The number of pyridine rings is 1. The number of rotatable bonds is 6. The van der Waals surface area contributed by atoms with E-state index in [9.17, 15) is 18.0 Å². The number of ketones is 1. The van der Waals surface area contributed by atoms with E-state index in [2.05, 4.69) is 4.98 Å². The normalized spacial score (nSPS) is 11.4. The number of alkyl halides is 3. The molecule has 0 spiro atoms. The van der Waals surface area contributed by atoms with Crippen LogP contribution in [0.2, 0.25) is 0 Å². The summed E-state index contributed by atoms with van der Waals surface area (Å²) in [5.74, 6) is -0.103. The molecule has 0 atom stereocenters. The van der Waals surface area contributed by atoms with E-state index in [0.29, 0.717) is 17.5 Å². The molecular weight excluding hydrogens is 367 g/mol. The van der Waals surface area contributed by atoms with E-state index in [-0.39, 0.29) is 24.5 Å². The number of Topliss-reactive ketones (excluding diaryl/α,β-unsaturated/α-hetero) is 1. The molecule has 1 N–H and O–H groups in total. The van der Waals surface area contributed by atoms with Gasteiger partial charge in [0, 0.05) is 30.4 Å².